The van der Waals surface area contributed by atoms with Crippen LogP contribution in [0.3, 0.4) is 0 Å². The molecule has 0 unspecified atom stereocenters. The van der Waals surface area contributed by atoms with Crippen molar-refractivity contribution in [3.05, 3.63) is 0 Å². The predicted octanol–water partition coefficient (Wildman–Crippen LogP) is 0.174. The summed E-state index contributed by atoms with van der Waals surface area (Å²) in [4.78, 5) is 11.5. The molecule has 2 N–H and O–H groups in total. The van der Waals surface area contributed by atoms with Gasteiger partial charge in [0.05, 0.1) is 20.3 Å². The second-order valence-corrected chi connectivity index (χ2v) is 4.26. The minimum Gasteiger partial charge on any atom is -0.468 e. The van der Waals surface area contributed by atoms with Crippen LogP contribution in [0.25, 0.3) is 0 Å². The summed E-state index contributed by atoms with van der Waals surface area (Å²) in [5.41, 5.74) is 5.13. The minimum atomic E-state index is -0.852. The Morgan fingerprint density at radius 2 is 1.73 bits per heavy atom. The van der Waals surface area contributed by atoms with Crippen molar-refractivity contribution in [2.24, 2.45) is 5.73 Å². The smallest absolute Gasteiger partial charge is 0.325 e. The summed E-state index contributed by atoms with van der Waals surface area (Å²) in [5.74, 6) is -0.813. The highest BCUT2D eigenvalue weighted by atomic mass is 16.7. The molecule has 5 heteroatoms. The molecule has 5 nitrogen and oxygen atoms in total. The zero-order valence-electron chi connectivity index (χ0n) is 8.95. The number of hydrogen-bond donors (Lipinski definition) is 1. The van der Waals surface area contributed by atoms with Crippen LogP contribution in [-0.4, -0.2) is 37.6 Å². The topological polar surface area (TPSA) is 70.8 Å². The first-order valence-electron chi connectivity index (χ1n) is 5.25. The van der Waals surface area contributed by atoms with Gasteiger partial charge in [0.2, 0.25) is 0 Å². The Bertz CT molecular complexity index is 250. The van der Waals surface area contributed by atoms with E-state index < -0.39 is 11.3 Å². The molecule has 0 bridgehead atoms. The average Bonchev–Trinajstić information content (AvgIpc) is 2.71. The first-order chi connectivity index (χ1) is 7.10. The molecule has 2 aliphatic rings. The second-order valence-electron chi connectivity index (χ2n) is 4.26. The largest absolute Gasteiger partial charge is 0.468 e. The molecular formula is C10H17NO4. The van der Waals surface area contributed by atoms with E-state index in [-0.39, 0.29) is 5.97 Å². The van der Waals surface area contributed by atoms with E-state index in [9.17, 15) is 4.79 Å². The molecule has 15 heavy (non-hydrogen) atoms. The molecule has 0 atom stereocenters. The van der Waals surface area contributed by atoms with Crippen LogP contribution in [0.5, 0.6) is 0 Å². The monoisotopic (exact) mass is 215 g/mol. The highest BCUT2D eigenvalue weighted by molar-refractivity contribution is 5.80. The molecule has 1 saturated heterocycles. The van der Waals surface area contributed by atoms with Gasteiger partial charge in [0, 0.05) is 12.8 Å². The number of carbonyl (C=O) groups is 1. The van der Waals surface area contributed by atoms with Crippen molar-refractivity contribution in [2.75, 3.05) is 20.3 Å². The molecule has 1 saturated carbocycles. The molecule has 0 aromatic carbocycles. The van der Waals surface area contributed by atoms with Crippen LogP contribution < -0.4 is 5.73 Å². The summed E-state index contributed by atoms with van der Waals surface area (Å²) in [7, 11) is 1.36. The number of ether oxygens (including phenoxy) is 3. The molecule has 86 valence electrons. The maximum Gasteiger partial charge on any atom is 0.325 e. The van der Waals surface area contributed by atoms with E-state index in [1.54, 1.807) is 0 Å². The normalized spacial score (nSPS) is 27.9. The van der Waals surface area contributed by atoms with Gasteiger partial charge in [-0.3, -0.25) is 4.79 Å². The fourth-order valence-electron chi connectivity index (χ4n) is 2.27. The summed E-state index contributed by atoms with van der Waals surface area (Å²) in [6.07, 6.45) is 2.44. The molecule has 1 aliphatic heterocycles. The molecule has 0 amide bonds. The molecule has 1 spiro atoms. The lowest BCUT2D eigenvalue weighted by Crippen LogP contribution is -2.54. The number of rotatable bonds is 1. The van der Waals surface area contributed by atoms with Crippen molar-refractivity contribution in [3.8, 4) is 0 Å². The van der Waals surface area contributed by atoms with Gasteiger partial charge in [-0.25, -0.2) is 0 Å². The Morgan fingerprint density at radius 1 is 1.20 bits per heavy atom. The summed E-state index contributed by atoms with van der Waals surface area (Å²) in [6.45, 7) is 1.27. The van der Waals surface area contributed by atoms with E-state index >= 15 is 0 Å². The summed E-state index contributed by atoms with van der Waals surface area (Å²) < 4.78 is 15.8. The maximum absolute atomic E-state index is 11.5. The van der Waals surface area contributed by atoms with Crippen molar-refractivity contribution in [2.45, 2.75) is 37.0 Å². The van der Waals surface area contributed by atoms with Gasteiger partial charge in [-0.1, -0.05) is 0 Å². The van der Waals surface area contributed by atoms with Gasteiger partial charge in [0.15, 0.2) is 5.79 Å². The van der Waals surface area contributed by atoms with Gasteiger partial charge in [0.1, 0.15) is 5.54 Å². The molecule has 1 aliphatic carbocycles. The zero-order valence-corrected chi connectivity index (χ0v) is 8.95. The van der Waals surface area contributed by atoms with Crippen LogP contribution in [0.2, 0.25) is 0 Å². The Balaban J connectivity index is 1.99. The predicted molar refractivity (Wildman–Crippen MR) is 52.0 cm³/mol. The maximum atomic E-state index is 11.5. The zero-order chi connectivity index (χ0) is 10.9. The van der Waals surface area contributed by atoms with Crippen LogP contribution in [0, 0.1) is 0 Å². The highest BCUT2D eigenvalue weighted by Gasteiger charge is 2.48. The van der Waals surface area contributed by atoms with Gasteiger partial charge in [-0.05, 0) is 12.8 Å². The van der Waals surface area contributed by atoms with Crippen LogP contribution in [0.15, 0.2) is 0 Å². The Labute approximate surface area is 88.9 Å². The highest BCUT2D eigenvalue weighted by Crippen LogP contribution is 2.39. The lowest BCUT2D eigenvalue weighted by atomic mass is 9.79. The quantitative estimate of drug-likeness (QED) is 0.631. The van der Waals surface area contributed by atoms with E-state index in [1.165, 1.54) is 7.11 Å². The van der Waals surface area contributed by atoms with Gasteiger partial charge in [-0.15, -0.1) is 0 Å². The van der Waals surface area contributed by atoms with Crippen LogP contribution >= 0.6 is 0 Å². The van der Waals surface area contributed by atoms with Gasteiger partial charge >= 0.3 is 5.97 Å². The Hall–Kier alpha value is -0.650. The van der Waals surface area contributed by atoms with Crippen molar-refractivity contribution < 1.29 is 19.0 Å². The van der Waals surface area contributed by atoms with E-state index in [0.717, 1.165) is 0 Å². The van der Waals surface area contributed by atoms with Crippen LogP contribution in [-0.2, 0) is 19.0 Å². The molecule has 0 aromatic heterocycles. The van der Waals surface area contributed by atoms with Crippen molar-refractivity contribution in [1.29, 1.82) is 0 Å². The number of hydrogen-bond acceptors (Lipinski definition) is 5. The number of nitrogens with two attached hydrogens (primary N) is 1. The molecule has 0 aromatic rings. The molecule has 2 fully saturated rings. The van der Waals surface area contributed by atoms with Crippen molar-refractivity contribution >= 4 is 5.97 Å². The number of methoxy groups -OCH3 is 1. The van der Waals surface area contributed by atoms with Crippen molar-refractivity contribution in [1.82, 2.24) is 0 Å². The summed E-state index contributed by atoms with van der Waals surface area (Å²) in [5, 5.41) is 0. The number of esters is 1. The molecular weight excluding hydrogens is 198 g/mol. The van der Waals surface area contributed by atoms with Crippen LogP contribution in [0.1, 0.15) is 25.7 Å². The fourth-order valence-corrected chi connectivity index (χ4v) is 2.27. The average molecular weight is 215 g/mol. The third-order valence-electron chi connectivity index (χ3n) is 3.31. The third-order valence-corrected chi connectivity index (χ3v) is 3.31. The minimum absolute atomic E-state index is 0.338. The van der Waals surface area contributed by atoms with E-state index in [2.05, 4.69) is 0 Å². The molecule has 0 radical (unpaired) electrons. The van der Waals surface area contributed by atoms with Crippen LogP contribution in [0.4, 0.5) is 0 Å². The van der Waals surface area contributed by atoms with Gasteiger partial charge in [-0.2, -0.15) is 0 Å². The second kappa shape index (κ2) is 3.73. The lowest BCUT2D eigenvalue weighted by molar-refractivity contribution is -0.189. The van der Waals surface area contributed by atoms with E-state index in [4.69, 9.17) is 19.9 Å². The Kier molecular flexibility index (Phi) is 2.70. The first kappa shape index (κ1) is 10.9. The first-order valence-corrected chi connectivity index (χ1v) is 5.25. The van der Waals surface area contributed by atoms with Crippen molar-refractivity contribution in [3.63, 3.8) is 0 Å². The lowest BCUT2D eigenvalue weighted by Gasteiger charge is -2.39. The SMILES string of the molecule is COC(=O)C1(N)CCC2(CC1)OCCO2. The Morgan fingerprint density at radius 3 is 2.20 bits per heavy atom. The standard InChI is InChI=1S/C10H17NO4/c1-13-8(12)9(11)2-4-10(5-3-9)14-6-7-15-10/h2-7,11H2,1H3. The van der Waals surface area contributed by atoms with E-state index in [0.29, 0.717) is 38.9 Å². The summed E-state index contributed by atoms with van der Waals surface area (Å²) >= 11 is 0. The molecule has 2 rings (SSSR count). The van der Waals surface area contributed by atoms with Gasteiger partial charge < -0.3 is 19.9 Å². The number of carbonyl (C=O) groups excluding carboxylic acids is 1. The fraction of sp³-hybridized carbons (Fsp3) is 0.900. The van der Waals surface area contributed by atoms with Gasteiger partial charge in [0.25, 0.3) is 0 Å². The van der Waals surface area contributed by atoms with E-state index in [1.807, 2.05) is 0 Å². The summed E-state index contributed by atoms with van der Waals surface area (Å²) in [6, 6.07) is 0. The third kappa shape index (κ3) is 1.87. The molecule has 1 heterocycles.